The van der Waals surface area contributed by atoms with Crippen LogP contribution in [0.3, 0.4) is 0 Å². The molecule has 0 spiro atoms. The first-order valence-electron chi connectivity index (χ1n) is 9.89. The first-order valence-corrected chi connectivity index (χ1v) is 9.89. The third-order valence-electron chi connectivity index (χ3n) is 6.95. The Morgan fingerprint density at radius 2 is 2.00 bits per heavy atom. The van der Waals surface area contributed by atoms with Gasteiger partial charge in [-0.3, -0.25) is 9.59 Å². The number of aldehydes is 1. The molecular weight excluding hydrogens is 356 g/mol. The highest BCUT2D eigenvalue weighted by Crippen LogP contribution is 2.47. The van der Waals surface area contributed by atoms with Crippen LogP contribution < -0.4 is 0 Å². The highest BCUT2D eigenvalue weighted by molar-refractivity contribution is 5.83. The number of phenolic OH excluding ortho intramolecular Hbond substituents is 2. The van der Waals surface area contributed by atoms with Crippen molar-refractivity contribution in [1.82, 2.24) is 0 Å². The van der Waals surface area contributed by atoms with Crippen LogP contribution in [0.4, 0.5) is 0 Å². The molecule has 1 aromatic carbocycles. The predicted molar refractivity (Wildman–Crippen MR) is 109 cm³/mol. The molecule has 5 nitrogen and oxygen atoms in total. The van der Waals surface area contributed by atoms with Crippen molar-refractivity contribution < 1.29 is 24.9 Å². The van der Waals surface area contributed by atoms with Gasteiger partial charge < -0.3 is 15.3 Å². The fourth-order valence-corrected chi connectivity index (χ4v) is 4.24. The van der Waals surface area contributed by atoms with Gasteiger partial charge in [-0.05, 0) is 61.6 Å². The van der Waals surface area contributed by atoms with Crippen LogP contribution in [0.1, 0.15) is 68.4 Å². The molecule has 0 heterocycles. The van der Waals surface area contributed by atoms with Gasteiger partial charge in [0.1, 0.15) is 17.3 Å². The molecule has 2 rings (SSSR count). The summed E-state index contributed by atoms with van der Waals surface area (Å²) in [5, 5.41) is 31.2. The molecular formula is C23H32O5. The molecule has 4 unspecified atom stereocenters. The van der Waals surface area contributed by atoms with Gasteiger partial charge in [-0.2, -0.15) is 0 Å². The van der Waals surface area contributed by atoms with Crippen molar-refractivity contribution in [3.8, 4) is 11.5 Å². The zero-order valence-corrected chi connectivity index (χ0v) is 17.5. The fourth-order valence-electron chi connectivity index (χ4n) is 4.24. The van der Waals surface area contributed by atoms with E-state index in [9.17, 15) is 24.9 Å². The summed E-state index contributed by atoms with van der Waals surface area (Å²) in [5.74, 6) is 0.191. The van der Waals surface area contributed by atoms with Crippen LogP contribution in [0.25, 0.3) is 0 Å². The molecule has 1 aromatic rings. The van der Waals surface area contributed by atoms with Crippen molar-refractivity contribution in [2.24, 2.45) is 17.3 Å². The van der Waals surface area contributed by atoms with Gasteiger partial charge in [0.05, 0.1) is 11.7 Å². The van der Waals surface area contributed by atoms with Crippen LogP contribution >= 0.6 is 0 Å². The summed E-state index contributed by atoms with van der Waals surface area (Å²) in [7, 11) is 0. The second-order valence-electron chi connectivity index (χ2n) is 8.58. The van der Waals surface area contributed by atoms with Crippen molar-refractivity contribution >= 4 is 12.1 Å². The number of allylic oxidation sites excluding steroid dienone is 1. The number of hydrogen-bond donors (Lipinski definition) is 3. The molecule has 0 aromatic heterocycles. The van der Waals surface area contributed by atoms with Crippen molar-refractivity contribution in [2.75, 3.05) is 0 Å². The minimum atomic E-state index is -0.721. The molecule has 1 aliphatic rings. The molecule has 4 atom stereocenters. The summed E-state index contributed by atoms with van der Waals surface area (Å²) < 4.78 is 0. The Morgan fingerprint density at radius 3 is 2.61 bits per heavy atom. The molecule has 154 valence electrons. The second kappa shape index (κ2) is 8.48. The standard InChI is InChI=1S/C23H32O5/c1-13(6-8-17-20(26)10-14(2)18(12-24)22(17)28)21(27)11-23(5)15(3)7-9-19(25)16(23)4/h6,10,12,15-16,21,26-28H,7-9,11H2,1-5H3. The molecule has 3 N–H and O–H groups in total. The number of aryl methyl sites for hydroxylation is 1. The number of ketones is 1. The van der Waals surface area contributed by atoms with Crippen LogP contribution in [-0.4, -0.2) is 33.5 Å². The molecule has 1 aliphatic carbocycles. The lowest BCUT2D eigenvalue weighted by molar-refractivity contribution is -0.133. The molecule has 0 saturated heterocycles. The zero-order valence-electron chi connectivity index (χ0n) is 17.5. The minimum absolute atomic E-state index is 0.0776. The van der Waals surface area contributed by atoms with Gasteiger partial charge in [0, 0.05) is 17.9 Å². The predicted octanol–water partition coefficient (Wildman–Crippen LogP) is 4.10. The van der Waals surface area contributed by atoms with Gasteiger partial charge in [-0.25, -0.2) is 0 Å². The second-order valence-corrected chi connectivity index (χ2v) is 8.58. The van der Waals surface area contributed by atoms with E-state index in [2.05, 4.69) is 13.8 Å². The minimum Gasteiger partial charge on any atom is -0.508 e. The molecule has 0 amide bonds. The van der Waals surface area contributed by atoms with Crippen molar-refractivity contribution in [3.63, 3.8) is 0 Å². The van der Waals surface area contributed by atoms with E-state index in [1.165, 1.54) is 6.07 Å². The lowest BCUT2D eigenvalue weighted by Crippen LogP contribution is -2.43. The number of phenols is 2. The normalized spacial score (nSPS) is 26.9. The van der Waals surface area contributed by atoms with Crippen LogP contribution in [0, 0.1) is 24.2 Å². The lowest BCUT2D eigenvalue weighted by Gasteiger charge is -2.45. The summed E-state index contributed by atoms with van der Waals surface area (Å²) in [6, 6.07) is 1.45. The molecule has 28 heavy (non-hydrogen) atoms. The number of Topliss-reactive ketones (excluding diaryl/α,β-unsaturated/α-hetero) is 1. The Morgan fingerprint density at radius 1 is 1.36 bits per heavy atom. The topological polar surface area (TPSA) is 94.8 Å². The average Bonchev–Trinajstić information content (AvgIpc) is 2.63. The number of carbonyl (C=O) groups excluding carboxylic acids is 2. The number of aromatic hydroxyl groups is 2. The van der Waals surface area contributed by atoms with Crippen LogP contribution in [0.15, 0.2) is 17.7 Å². The van der Waals surface area contributed by atoms with E-state index >= 15 is 0 Å². The van der Waals surface area contributed by atoms with Gasteiger partial charge >= 0.3 is 0 Å². The van der Waals surface area contributed by atoms with Crippen molar-refractivity contribution in [3.05, 3.63) is 34.4 Å². The first kappa shape index (κ1) is 22.2. The van der Waals surface area contributed by atoms with Gasteiger partial charge in [-0.1, -0.05) is 26.8 Å². The maximum absolute atomic E-state index is 12.2. The van der Waals surface area contributed by atoms with Gasteiger partial charge in [-0.15, -0.1) is 0 Å². The Balaban J connectivity index is 2.20. The average molecular weight is 389 g/mol. The van der Waals surface area contributed by atoms with Crippen LogP contribution in [0.2, 0.25) is 0 Å². The highest BCUT2D eigenvalue weighted by Gasteiger charge is 2.44. The molecule has 0 aliphatic heterocycles. The van der Waals surface area contributed by atoms with E-state index in [-0.39, 0.29) is 46.2 Å². The number of aliphatic hydroxyl groups excluding tert-OH is 1. The third-order valence-corrected chi connectivity index (χ3v) is 6.95. The first-order chi connectivity index (χ1) is 13.0. The Bertz CT molecular complexity index is 795. The van der Waals surface area contributed by atoms with E-state index in [1.54, 1.807) is 19.9 Å². The summed E-state index contributed by atoms with van der Waals surface area (Å²) in [6.45, 7) is 9.61. The van der Waals surface area contributed by atoms with E-state index in [1.807, 2.05) is 6.92 Å². The van der Waals surface area contributed by atoms with E-state index in [0.717, 1.165) is 6.42 Å². The fraction of sp³-hybridized carbons (Fsp3) is 0.565. The monoisotopic (exact) mass is 388 g/mol. The van der Waals surface area contributed by atoms with Gasteiger partial charge in [0.2, 0.25) is 0 Å². The lowest BCUT2D eigenvalue weighted by atomic mass is 9.59. The number of carbonyl (C=O) groups is 2. The molecule has 5 heteroatoms. The SMILES string of the molecule is CC(=CCc1c(O)cc(C)c(C=O)c1O)C(O)CC1(C)C(C)CCC(=O)C1C. The third kappa shape index (κ3) is 4.14. The van der Waals surface area contributed by atoms with Crippen molar-refractivity contribution in [1.29, 1.82) is 0 Å². The Kier molecular flexibility index (Phi) is 6.71. The maximum atomic E-state index is 12.2. The molecule has 0 radical (unpaired) electrons. The van der Waals surface area contributed by atoms with E-state index < -0.39 is 6.10 Å². The van der Waals surface area contributed by atoms with E-state index in [4.69, 9.17) is 0 Å². The zero-order chi connectivity index (χ0) is 21.2. The molecule has 1 saturated carbocycles. The van der Waals surface area contributed by atoms with Gasteiger partial charge in [0.15, 0.2) is 6.29 Å². The molecule has 0 bridgehead atoms. The number of benzene rings is 1. The number of aliphatic hydroxyl groups is 1. The van der Waals surface area contributed by atoms with Gasteiger partial charge in [0.25, 0.3) is 0 Å². The van der Waals surface area contributed by atoms with Crippen molar-refractivity contribution in [2.45, 2.75) is 66.4 Å². The largest absolute Gasteiger partial charge is 0.508 e. The summed E-state index contributed by atoms with van der Waals surface area (Å²) >= 11 is 0. The van der Waals surface area contributed by atoms with E-state index in [0.29, 0.717) is 36.2 Å². The van der Waals surface area contributed by atoms with Crippen LogP contribution in [-0.2, 0) is 11.2 Å². The number of hydrogen-bond acceptors (Lipinski definition) is 5. The summed E-state index contributed by atoms with van der Waals surface area (Å²) in [4.78, 5) is 23.4. The van der Waals surface area contributed by atoms with Crippen LogP contribution in [0.5, 0.6) is 11.5 Å². The maximum Gasteiger partial charge on any atom is 0.154 e. The summed E-state index contributed by atoms with van der Waals surface area (Å²) in [6.07, 6.45) is 3.73. The number of rotatable bonds is 6. The Hall–Kier alpha value is -2.14. The highest BCUT2D eigenvalue weighted by atomic mass is 16.3. The Labute approximate surface area is 167 Å². The summed E-state index contributed by atoms with van der Waals surface area (Å²) in [5.41, 5.74) is 1.37. The molecule has 1 fully saturated rings. The quantitative estimate of drug-likeness (QED) is 0.504. The smallest absolute Gasteiger partial charge is 0.154 e.